The molecule has 5 aromatic carbocycles. The van der Waals surface area contributed by atoms with Crippen LogP contribution in [-0.2, 0) is 15.9 Å². The van der Waals surface area contributed by atoms with E-state index in [4.69, 9.17) is 19.5 Å². The summed E-state index contributed by atoms with van der Waals surface area (Å²) in [6.45, 7) is 2.17. The largest absolute Gasteiger partial charge is 0.469 e. The van der Waals surface area contributed by atoms with Crippen molar-refractivity contribution in [1.82, 2.24) is 0 Å². The Kier molecular flexibility index (Phi) is 7.34. The van der Waals surface area contributed by atoms with E-state index >= 15 is 0 Å². The number of nitrogens with zero attached hydrogens (tertiary/aromatic N) is 2. The summed E-state index contributed by atoms with van der Waals surface area (Å²) in [6, 6.07) is 51.7. The van der Waals surface area contributed by atoms with Crippen LogP contribution in [0.1, 0.15) is 59.0 Å². The van der Waals surface area contributed by atoms with Crippen molar-refractivity contribution in [1.29, 1.82) is 0 Å². The van der Waals surface area contributed by atoms with E-state index in [9.17, 15) is 0 Å². The van der Waals surface area contributed by atoms with Crippen molar-refractivity contribution in [2.45, 2.75) is 37.6 Å². The molecule has 0 saturated carbocycles. The van der Waals surface area contributed by atoms with Crippen LogP contribution < -0.4 is 0 Å². The average Bonchev–Trinajstić information content (AvgIpc) is 3.74. The molecule has 0 amide bonds. The van der Waals surface area contributed by atoms with Crippen LogP contribution in [0.5, 0.6) is 0 Å². The fraction of sp³-hybridized carbons (Fsp3) is 0.179. The van der Waals surface area contributed by atoms with Gasteiger partial charge in [-0.25, -0.2) is 9.98 Å². The molecular weight excluding hydrogens is 528 g/mol. The summed E-state index contributed by atoms with van der Waals surface area (Å²) in [7, 11) is 0. The van der Waals surface area contributed by atoms with Gasteiger partial charge in [-0.2, -0.15) is 0 Å². The highest BCUT2D eigenvalue weighted by Crippen LogP contribution is 2.49. The lowest BCUT2D eigenvalue weighted by Crippen LogP contribution is -2.39. The molecule has 0 aromatic heterocycles. The normalized spacial score (nSPS) is 21.4. The van der Waals surface area contributed by atoms with E-state index in [1.807, 2.05) is 30.3 Å². The molecule has 5 aromatic rings. The van der Waals surface area contributed by atoms with E-state index in [0.717, 1.165) is 22.3 Å². The van der Waals surface area contributed by atoms with Gasteiger partial charge in [-0.1, -0.05) is 152 Å². The van der Waals surface area contributed by atoms with Crippen LogP contribution >= 0.6 is 0 Å². The predicted octanol–water partition coefficient (Wildman–Crippen LogP) is 9.06. The van der Waals surface area contributed by atoms with Gasteiger partial charge in [0.15, 0.2) is 12.2 Å². The molecule has 2 aliphatic heterocycles. The summed E-state index contributed by atoms with van der Waals surface area (Å²) in [5.41, 5.74) is 4.85. The monoisotopic (exact) mass is 562 g/mol. The van der Waals surface area contributed by atoms with Crippen LogP contribution in [0.3, 0.4) is 0 Å². The highest BCUT2D eigenvalue weighted by molar-refractivity contribution is 6.06. The fourth-order valence-corrected chi connectivity index (χ4v) is 6.20. The van der Waals surface area contributed by atoms with Crippen molar-refractivity contribution in [2.75, 3.05) is 0 Å². The Balaban J connectivity index is 1.35. The number of hydrogen-bond donors (Lipinski definition) is 0. The summed E-state index contributed by atoms with van der Waals surface area (Å²) in [5.74, 6) is 1.30. The minimum Gasteiger partial charge on any atom is -0.469 e. The predicted molar refractivity (Wildman–Crippen MR) is 172 cm³/mol. The molecule has 0 radical (unpaired) electrons. The van der Waals surface area contributed by atoms with Gasteiger partial charge in [-0.3, -0.25) is 0 Å². The van der Waals surface area contributed by atoms with Crippen LogP contribution in [0.2, 0.25) is 0 Å². The number of hydrogen-bond acceptors (Lipinski definition) is 4. The van der Waals surface area contributed by atoms with E-state index in [2.05, 4.69) is 128 Å². The third-order valence-corrected chi connectivity index (χ3v) is 8.45. The topological polar surface area (TPSA) is 43.2 Å². The van der Waals surface area contributed by atoms with Crippen molar-refractivity contribution in [3.63, 3.8) is 0 Å². The maximum Gasteiger partial charge on any atom is 0.200 e. The molecule has 0 unspecified atom stereocenters. The molecule has 43 heavy (non-hydrogen) atoms. The van der Waals surface area contributed by atoms with Crippen LogP contribution in [0.15, 0.2) is 162 Å². The second kappa shape index (κ2) is 11.7. The van der Waals surface area contributed by atoms with E-state index in [0.29, 0.717) is 18.2 Å². The standard InChI is InChI=1S/C39H34N2O2/c1-39(27-28-17-7-2-8-18-28,37-40-33(29-19-9-3-10-20-29)35(42-37)31-23-13-5-14-24-31)38-41-34(30-21-11-4-12-22-30)36(43-38)32-25-15-6-16-26-32/h2-26,33-36H,27H2,1H3/t33-,34-,35+,36+/m1/s1. The molecule has 2 aliphatic rings. The van der Waals surface area contributed by atoms with E-state index in [1.165, 1.54) is 5.56 Å². The molecule has 0 bridgehead atoms. The van der Waals surface area contributed by atoms with E-state index in [1.54, 1.807) is 0 Å². The third-order valence-electron chi connectivity index (χ3n) is 8.45. The first kappa shape index (κ1) is 26.9. The zero-order valence-corrected chi connectivity index (χ0v) is 24.2. The first-order valence-corrected chi connectivity index (χ1v) is 14.9. The first-order chi connectivity index (χ1) is 21.2. The highest BCUT2D eigenvalue weighted by Gasteiger charge is 2.50. The lowest BCUT2D eigenvalue weighted by Gasteiger charge is -2.30. The molecule has 0 fully saturated rings. The number of rotatable bonds is 8. The molecule has 212 valence electrons. The van der Waals surface area contributed by atoms with Gasteiger partial charge in [0.2, 0.25) is 11.8 Å². The maximum atomic E-state index is 6.94. The van der Waals surface area contributed by atoms with Gasteiger partial charge in [0.25, 0.3) is 0 Å². The lowest BCUT2D eigenvalue weighted by atomic mass is 9.82. The molecule has 7 rings (SSSR count). The number of aliphatic imine (C=N–C) groups is 2. The van der Waals surface area contributed by atoms with E-state index < -0.39 is 5.41 Å². The van der Waals surface area contributed by atoms with Crippen LogP contribution in [0.25, 0.3) is 0 Å². The average molecular weight is 563 g/mol. The van der Waals surface area contributed by atoms with Gasteiger partial charge in [-0.15, -0.1) is 0 Å². The van der Waals surface area contributed by atoms with Crippen molar-refractivity contribution in [2.24, 2.45) is 15.4 Å². The Morgan fingerprint density at radius 2 is 0.791 bits per heavy atom. The quantitative estimate of drug-likeness (QED) is 0.189. The van der Waals surface area contributed by atoms with Gasteiger partial charge >= 0.3 is 0 Å². The summed E-state index contributed by atoms with van der Waals surface area (Å²) in [5, 5.41) is 0. The number of ether oxygens (including phenoxy) is 2. The highest BCUT2D eigenvalue weighted by atomic mass is 16.5. The van der Waals surface area contributed by atoms with Gasteiger partial charge in [0, 0.05) is 0 Å². The van der Waals surface area contributed by atoms with Crippen molar-refractivity contribution < 1.29 is 9.47 Å². The van der Waals surface area contributed by atoms with Crippen LogP contribution in [0, 0.1) is 5.41 Å². The molecule has 4 nitrogen and oxygen atoms in total. The molecule has 0 aliphatic carbocycles. The summed E-state index contributed by atoms with van der Waals surface area (Å²) in [4.78, 5) is 10.7. The first-order valence-electron chi connectivity index (χ1n) is 14.9. The Morgan fingerprint density at radius 1 is 0.465 bits per heavy atom. The summed E-state index contributed by atoms with van der Waals surface area (Å²) >= 11 is 0. The second-order valence-corrected chi connectivity index (χ2v) is 11.5. The van der Waals surface area contributed by atoms with Gasteiger partial charge < -0.3 is 9.47 Å². The lowest BCUT2D eigenvalue weighted by molar-refractivity contribution is 0.158. The summed E-state index contributed by atoms with van der Waals surface area (Å²) < 4.78 is 13.9. The maximum absolute atomic E-state index is 6.94. The molecule has 4 heteroatoms. The van der Waals surface area contributed by atoms with Crippen LogP contribution in [0.4, 0.5) is 0 Å². The Hall–Kier alpha value is -4.96. The summed E-state index contributed by atoms with van der Waals surface area (Å²) in [6.07, 6.45) is 0.119. The minimum atomic E-state index is -0.742. The van der Waals surface area contributed by atoms with Crippen molar-refractivity contribution in [3.8, 4) is 0 Å². The Morgan fingerprint density at radius 3 is 1.16 bits per heavy atom. The molecule has 0 saturated heterocycles. The Bertz CT molecular complexity index is 1600. The van der Waals surface area contributed by atoms with Gasteiger partial charge in [0.05, 0.1) is 0 Å². The molecule has 0 N–H and O–H groups in total. The van der Waals surface area contributed by atoms with Crippen molar-refractivity contribution in [3.05, 3.63) is 179 Å². The molecule has 2 heterocycles. The molecule has 4 atom stereocenters. The molecular formula is C39H34N2O2. The zero-order chi connectivity index (χ0) is 29.1. The van der Waals surface area contributed by atoms with Gasteiger partial charge in [0.1, 0.15) is 17.5 Å². The third kappa shape index (κ3) is 5.37. The van der Waals surface area contributed by atoms with Crippen molar-refractivity contribution >= 4 is 11.8 Å². The Labute approximate surface area is 253 Å². The molecule has 0 spiro atoms. The second-order valence-electron chi connectivity index (χ2n) is 11.5. The minimum absolute atomic E-state index is 0.189. The van der Waals surface area contributed by atoms with E-state index in [-0.39, 0.29) is 24.3 Å². The SMILES string of the molecule is CC(Cc1ccccc1)(C1=N[C@H](c2ccccc2)[C@H](c2ccccc2)O1)C1=N[C@H](c2ccccc2)[C@H](c2ccccc2)O1. The van der Waals surface area contributed by atoms with Gasteiger partial charge in [-0.05, 0) is 41.2 Å². The van der Waals surface area contributed by atoms with Crippen LogP contribution in [-0.4, -0.2) is 11.8 Å². The number of benzene rings is 5. The zero-order valence-electron chi connectivity index (χ0n) is 24.2. The smallest absolute Gasteiger partial charge is 0.200 e. The fourth-order valence-electron chi connectivity index (χ4n) is 6.20.